The standard InChI is InChI=1S/C15H12BrCl2NO/c16-9-4-5-14-10(8-9)12(6-7-20-14)19-13-3-1-2-11(17)15(13)18/h1-5,8,12,19H,6-7H2. The van der Waals surface area contributed by atoms with Gasteiger partial charge in [0.15, 0.2) is 0 Å². The van der Waals surface area contributed by atoms with Crippen LogP contribution in [0.1, 0.15) is 18.0 Å². The van der Waals surface area contributed by atoms with Gasteiger partial charge in [-0.25, -0.2) is 0 Å². The predicted molar refractivity (Wildman–Crippen MR) is 87.1 cm³/mol. The molecule has 0 spiro atoms. The van der Waals surface area contributed by atoms with Crippen LogP contribution in [0.2, 0.25) is 10.0 Å². The van der Waals surface area contributed by atoms with Crippen molar-refractivity contribution in [2.75, 3.05) is 11.9 Å². The molecule has 20 heavy (non-hydrogen) atoms. The molecule has 2 aromatic rings. The summed E-state index contributed by atoms with van der Waals surface area (Å²) in [5, 5.41) is 4.56. The van der Waals surface area contributed by atoms with E-state index in [0.29, 0.717) is 16.7 Å². The van der Waals surface area contributed by atoms with Crippen molar-refractivity contribution in [3.8, 4) is 5.75 Å². The van der Waals surface area contributed by atoms with E-state index < -0.39 is 0 Å². The van der Waals surface area contributed by atoms with Crippen molar-refractivity contribution in [3.63, 3.8) is 0 Å². The van der Waals surface area contributed by atoms with Crippen molar-refractivity contribution in [1.82, 2.24) is 0 Å². The quantitative estimate of drug-likeness (QED) is 0.730. The van der Waals surface area contributed by atoms with Crippen LogP contribution in [0.3, 0.4) is 0 Å². The van der Waals surface area contributed by atoms with Crippen LogP contribution in [0.5, 0.6) is 5.75 Å². The number of halogens is 3. The van der Waals surface area contributed by atoms with Crippen molar-refractivity contribution in [2.45, 2.75) is 12.5 Å². The monoisotopic (exact) mass is 371 g/mol. The Morgan fingerprint density at radius 1 is 1.20 bits per heavy atom. The van der Waals surface area contributed by atoms with Crippen molar-refractivity contribution in [3.05, 3.63) is 56.5 Å². The molecule has 0 bridgehead atoms. The summed E-state index contributed by atoms with van der Waals surface area (Å²) in [7, 11) is 0. The fourth-order valence-corrected chi connectivity index (χ4v) is 3.05. The molecule has 2 nitrogen and oxygen atoms in total. The van der Waals surface area contributed by atoms with Gasteiger partial charge in [-0.3, -0.25) is 0 Å². The number of hydrogen-bond donors (Lipinski definition) is 1. The summed E-state index contributed by atoms with van der Waals surface area (Å²) in [4.78, 5) is 0. The Hall–Kier alpha value is -0.900. The van der Waals surface area contributed by atoms with Crippen molar-refractivity contribution in [1.29, 1.82) is 0 Å². The van der Waals surface area contributed by atoms with E-state index in [9.17, 15) is 0 Å². The Balaban J connectivity index is 1.93. The van der Waals surface area contributed by atoms with Gasteiger partial charge in [0.1, 0.15) is 5.75 Å². The maximum Gasteiger partial charge on any atom is 0.124 e. The fourth-order valence-electron chi connectivity index (χ4n) is 2.32. The van der Waals surface area contributed by atoms with Crippen molar-refractivity contribution < 1.29 is 4.74 Å². The number of ether oxygens (including phenoxy) is 1. The second-order valence-electron chi connectivity index (χ2n) is 4.62. The van der Waals surface area contributed by atoms with E-state index in [1.54, 1.807) is 6.07 Å². The van der Waals surface area contributed by atoms with Crippen LogP contribution in [0.4, 0.5) is 5.69 Å². The first-order valence-corrected chi connectivity index (χ1v) is 7.83. The Labute approximate surface area is 136 Å². The predicted octanol–water partition coefficient (Wildman–Crippen LogP) is 5.69. The topological polar surface area (TPSA) is 21.3 Å². The zero-order valence-electron chi connectivity index (χ0n) is 10.5. The smallest absolute Gasteiger partial charge is 0.124 e. The van der Waals surface area contributed by atoms with E-state index in [-0.39, 0.29) is 6.04 Å². The Morgan fingerprint density at radius 2 is 2.05 bits per heavy atom. The van der Waals surface area contributed by atoms with Gasteiger partial charge in [0.05, 0.1) is 28.4 Å². The molecule has 0 saturated heterocycles. The highest BCUT2D eigenvalue weighted by molar-refractivity contribution is 9.10. The highest BCUT2D eigenvalue weighted by atomic mass is 79.9. The summed E-state index contributed by atoms with van der Waals surface area (Å²) in [6.45, 7) is 0.685. The summed E-state index contributed by atoms with van der Waals surface area (Å²) in [5.41, 5.74) is 1.97. The number of anilines is 1. The van der Waals surface area contributed by atoms with Crippen LogP contribution < -0.4 is 10.1 Å². The Morgan fingerprint density at radius 3 is 2.90 bits per heavy atom. The molecular weight excluding hydrogens is 361 g/mol. The molecule has 1 aliphatic heterocycles. The average molecular weight is 373 g/mol. The number of benzene rings is 2. The van der Waals surface area contributed by atoms with Crippen LogP contribution in [-0.2, 0) is 0 Å². The molecule has 1 N–H and O–H groups in total. The SMILES string of the molecule is Clc1cccc(NC2CCOc3ccc(Br)cc32)c1Cl. The van der Waals surface area contributed by atoms with E-state index in [0.717, 1.165) is 27.9 Å². The normalized spacial score (nSPS) is 17.2. The van der Waals surface area contributed by atoms with E-state index in [1.807, 2.05) is 24.3 Å². The maximum atomic E-state index is 6.24. The van der Waals surface area contributed by atoms with E-state index >= 15 is 0 Å². The fraction of sp³-hybridized carbons (Fsp3) is 0.200. The molecule has 0 saturated carbocycles. The van der Waals surface area contributed by atoms with E-state index in [4.69, 9.17) is 27.9 Å². The molecule has 1 unspecified atom stereocenters. The maximum absolute atomic E-state index is 6.24. The van der Waals surface area contributed by atoms with Crippen LogP contribution in [-0.4, -0.2) is 6.61 Å². The third kappa shape index (κ3) is 2.76. The third-order valence-corrected chi connectivity index (χ3v) is 4.60. The van der Waals surface area contributed by atoms with Gasteiger partial charge in [0.25, 0.3) is 0 Å². The minimum absolute atomic E-state index is 0.159. The van der Waals surface area contributed by atoms with Gasteiger partial charge in [-0.2, -0.15) is 0 Å². The summed E-state index contributed by atoms with van der Waals surface area (Å²) in [5.74, 6) is 0.912. The zero-order chi connectivity index (χ0) is 14.1. The molecule has 0 amide bonds. The lowest BCUT2D eigenvalue weighted by atomic mass is 10.0. The van der Waals surface area contributed by atoms with Gasteiger partial charge in [0.2, 0.25) is 0 Å². The van der Waals surface area contributed by atoms with Gasteiger partial charge in [-0.05, 0) is 30.3 Å². The molecule has 104 valence electrons. The number of fused-ring (bicyclic) bond motifs is 1. The second kappa shape index (κ2) is 5.84. The number of rotatable bonds is 2. The van der Waals surface area contributed by atoms with Crippen molar-refractivity contribution in [2.24, 2.45) is 0 Å². The molecule has 1 aliphatic rings. The van der Waals surface area contributed by atoms with Crippen molar-refractivity contribution >= 4 is 44.8 Å². The molecular formula is C15H12BrCl2NO. The highest BCUT2D eigenvalue weighted by Crippen LogP contribution is 2.38. The van der Waals surface area contributed by atoms with Crippen LogP contribution in [0.25, 0.3) is 0 Å². The molecule has 5 heteroatoms. The molecule has 1 heterocycles. The minimum Gasteiger partial charge on any atom is -0.493 e. The average Bonchev–Trinajstić information content (AvgIpc) is 2.44. The van der Waals surface area contributed by atoms with Gasteiger partial charge in [0, 0.05) is 16.5 Å². The molecule has 0 radical (unpaired) electrons. The van der Waals surface area contributed by atoms with Gasteiger partial charge >= 0.3 is 0 Å². The second-order valence-corrected chi connectivity index (χ2v) is 6.32. The van der Waals surface area contributed by atoms with E-state index in [2.05, 4.69) is 27.3 Å². The molecule has 0 aliphatic carbocycles. The van der Waals surface area contributed by atoms with Crippen LogP contribution in [0.15, 0.2) is 40.9 Å². The first-order chi connectivity index (χ1) is 9.65. The summed E-state index contributed by atoms with van der Waals surface area (Å²) >= 11 is 15.8. The first kappa shape index (κ1) is 14.1. The third-order valence-electron chi connectivity index (χ3n) is 3.29. The number of nitrogens with one attached hydrogen (secondary N) is 1. The summed E-state index contributed by atoms with van der Waals surface area (Å²) < 4.78 is 6.71. The molecule has 1 atom stereocenters. The first-order valence-electron chi connectivity index (χ1n) is 6.28. The van der Waals surface area contributed by atoms with Gasteiger partial charge in [-0.15, -0.1) is 0 Å². The lowest BCUT2D eigenvalue weighted by Crippen LogP contribution is -2.20. The Kier molecular flexibility index (Phi) is 4.11. The summed E-state index contributed by atoms with van der Waals surface area (Å²) in [6, 6.07) is 11.8. The molecule has 2 aromatic carbocycles. The van der Waals surface area contributed by atoms with Gasteiger partial charge < -0.3 is 10.1 Å². The molecule has 3 rings (SSSR count). The van der Waals surface area contributed by atoms with Crippen LogP contribution in [0, 0.1) is 0 Å². The minimum atomic E-state index is 0.159. The lowest BCUT2D eigenvalue weighted by molar-refractivity contribution is 0.274. The number of hydrogen-bond acceptors (Lipinski definition) is 2. The van der Waals surface area contributed by atoms with Gasteiger partial charge in [-0.1, -0.05) is 45.2 Å². The summed E-state index contributed by atoms with van der Waals surface area (Å²) in [6.07, 6.45) is 0.881. The van der Waals surface area contributed by atoms with Crippen LogP contribution >= 0.6 is 39.1 Å². The zero-order valence-corrected chi connectivity index (χ0v) is 13.6. The van der Waals surface area contributed by atoms with E-state index in [1.165, 1.54) is 0 Å². The molecule has 0 fully saturated rings. The highest BCUT2D eigenvalue weighted by Gasteiger charge is 2.22. The Bertz CT molecular complexity index is 648. The lowest BCUT2D eigenvalue weighted by Gasteiger charge is -2.28. The largest absolute Gasteiger partial charge is 0.493 e. The molecule has 0 aromatic heterocycles.